The zero-order valence-electron chi connectivity index (χ0n) is 9.18. The van der Waals surface area contributed by atoms with Gasteiger partial charge in [-0.2, -0.15) is 0 Å². The van der Waals surface area contributed by atoms with Gasteiger partial charge in [-0.25, -0.2) is 8.78 Å². The molecule has 1 atom stereocenters. The zero-order chi connectivity index (χ0) is 12.1. The Morgan fingerprint density at radius 1 is 1.31 bits per heavy atom. The minimum atomic E-state index is -0.712. The van der Waals surface area contributed by atoms with Crippen molar-refractivity contribution in [2.24, 2.45) is 5.92 Å². The van der Waals surface area contributed by atoms with E-state index in [0.29, 0.717) is 6.54 Å². The summed E-state index contributed by atoms with van der Waals surface area (Å²) in [5.41, 5.74) is 0.130. The van der Waals surface area contributed by atoms with E-state index in [0.717, 1.165) is 18.2 Å². The molecule has 0 spiro atoms. The third-order valence-electron chi connectivity index (χ3n) is 2.09. The van der Waals surface area contributed by atoms with Gasteiger partial charge in [0.25, 0.3) is 0 Å². The highest BCUT2D eigenvalue weighted by Crippen LogP contribution is 2.13. The monoisotopic (exact) mass is 228 g/mol. The minimum Gasteiger partial charge on any atom is -0.326 e. The van der Waals surface area contributed by atoms with Gasteiger partial charge in [0.05, 0.1) is 0 Å². The van der Waals surface area contributed by atoms with Crippen LogP contribution in [0.15, 0.2) is 18.2 Å². The van der Waals surface area contributed by atoms with Crippen LogP contribution in [0, 0.1) is 17.6 Å². The van der Waals surface area contributed by atoms with Gasteiger partial charge in [0, 0.05) is 24.2 Å². The van der Waals surface area contributed by atoms with E-state index in [4.69, 9.17) is 0 Å². The van der Waals surface area contributed by atoms with Gasteiger partial charge in [-0.05, 0) is 19.2 Å². The van der Waals surface area contributed by atoms with Crippen molar-refractivity contribution in [3.63, 3.8) is 0 Å². The van der Waals surface area contributed by atoms with Crippen LogP contribution in [-0.2, 0) is 4.79 Å². The smallest absolute Gasteiger partial charge is 0.228 e. The first kappa shape index (κ1) is 12.6. The van der Waals surface area contributed by atoms with Crippen molar-refractivity contribution in [1.29, 1.82) is 0 Å². The zero-order valence-corrected chi connectivity index (χ0v) is 9.18. The fourth-order valence-electron chi connectivity index (χ4n) is 1.29. The number of hydrogen-bond acceptors (Lipinski definition) is 2. The predicted octanol–water partition coefficient (Wildman–Crippen LogP) is 1.76. The van der Waals surface area contributed by atoms with Crippen molar-refractivity contribution in [2.45, 2.75) is 6.92 Å². The van der Waals surface area contributed by atoms with Crippen LogP contribution in [0.4, 0.5) is 14.5 Å². The Labute approximate surface area is 92.8 Å². The molecule has 1 amide bonds. The molecule has 1 aromatic rings. The highest BCUT2D eigenvalue weighted by molar-refractivity contribution is 5.92. The second kappa shape index (κ2) is 5.55. The molecule has 0 bridgehead atoms. The van der Waals surface area contributed by atoms with E-state index in [-0.39, 0.29) is 17.5 Å². The van der Waals surface area contributed by atoms with Crippen LogP contribution in [0.1, 0.15) is 6.92 Å². The first-order chi connectivity index (χ1) is 7.52. The lowest BCUT2D eigenvalue weighted by Gasteiger charge is -2.11. The highest BCUT2D eigenvalue weighted by Gasteiger charge is 2.12. The molecule has 1 unspecified atom stereocenters. The molecule has 0 radical (unpaired) electrons. The number of rotatable bonds is 4. The summed E-state index contributed by atoms with van der Waals surface area (Å²) in [4.78, 5) is 11.5. The molecule has 0 aliphatic heterocycles. The number of amides is 1. The summed E-state index contributed by atoms with van der Waals surface area (Å²) in [6.07, 6.45) is 0. The van der Waals surface area contributed by atoms with Crippen molar-refractivity contribution >= 4 is 11.6 Å². The number of nitrogens with one attached hydrogen (secondary N) is 2. The average Bonchev–Trinajstić information content (AvgIpc) is 2.16. The fourth-order valence-corrected chi connectivity index (χ4v) is 1.29. The Morgan fingerprint density at radius 3 is 2.38 bits per heavy atom. The van der Waals surface area contributed by atoms with Crippen molar-refractivity contribution in [3.05, 3.63) is 29.8 Å². The molecule has 0 fully saturated rings. The van der Waals surface area contributed by atoms with E-state index >= 15 is 0 Å². The number of anilines is 1. The summed E-state index contributed by atoms with van der Waals surface area (Å²) in [5, 5.41) is 5.30. The molecule has 0 saturated heterocycles. The van der Waals surface area contributed by atoms with Gasteiger partial charge in [-0.1, -0.05) is 6.92 Å². The van der Waals surface area contributed by atoms with Crippen molar-refractivity contribution in [2.75, 3.05) is 18.9 Å². The molecule has 5 heteroatoms. The summed E-state index contributed by atoms with van der Waals surface area (Å²) in [7, 11) is 1.73. The van der Waals surface area contributed by atoms with Gasteiger partial charge >= 0.3 is 0 Å². The third kappa shape index (κ3) is 3.58. The third-order valence-corrected chi connectivity index (χ3v) is 2.09. The molecular formula is C11H14F2N2O. The maximum Gasteiger partial charge on any atom is 0.228 e. The number of carbonyl (C=O) groups is 1. The Morgan fingerprint density at radius 2 is 1.88 bits per heavy atom. The van der Waals surface area contributed by atoms with E-state index in [1.165, 1.54) is 0 Å². The lowest BCUT2D eigenvalue weighted by atomic mass is 10.1. The van der Waals surface area contributed by atoms with Crippen molar-refractivity contribution in [1.82, 2.24) is 5.32 Å². The van der Waals surface area contributed by atoms with Crippen LogP contribution in [0.3, 0.4) is 0 Å². The molecule has 0 aromatic heterocycles. The Bertz CT molecular complexity index is 362. The lowest BCUT2D eigenvalue weighted by molar-refractivity contribution is -0.119. The molecule has 0 heterocycles. The highest BCUT2D eigenvalue weighted by atomic mass is 19.1. The van der Waals surface area contributed by atoms with Gasteiger partial charge in [0.2, 0.25) is 5.91 Å². The SMILES string of the molecule is CNCC(C)C(=O)Nc1cc(F)cc(F)c1. The van der Waals surface area contributed by atoms with E-state index in [1.54, 1.807) is 14.0 Å². The fraction of sp³-hybridized carbons (Fsp3) is 0.364. The summed E-state index contributed by atoms with van der Waals surface area (Å²) >= 11 is 0. The van der Waals surface area contributed by atoms with Crippen molar-refractivity contribution < 1.29 is 13.6 Å². The normalized spacial score (nSPS) is 12.2. The molecule has 1 rings (SSSR count). The Balaban J connectivity index is 2.69. The second-order valence-corrected chi connectivity index (χ2v) is 3.61. The maximum atomic E-state index is 12.8. The van der Waals surface area contributed by atoms with E-state index in [2.05, 4.69) is 10.6 Å². The topological polar surface area (TPSA) is 41.1 Å². The largest absolute Gasteiger partial charge is 0.326 e. The number of benzene rings is 1. The molecule has 3 nitrogen and oxygen atoms in total. The quantitative estimate of drug-likeness (QED) is 0.824. The summed E-state index contributed by atoms with van der Waals surface area (Å²) in [6.45, 7) is 2.23. The Kier molecular flexibility index (Phi) is 4.37. The van der Waals surface area contributed by atoms with Crippen LogP contribution in [-0.4, -0.2) is 19.5 Å². The number of halogens is 2. The maximum absolute atomic E-state index is 12.8. The van der Waals surface area contributed by atoms with Gasteiger partial charge in [0.15, 0.2) is 0 Å². The lowest BCUT2D eigenvalue weighted by Crippen LogP contribution is -2.28. The predicted molar refractivity (Wildman–Crippen MR) is 58.1 cm³/mol. The molecule has 88 valence electrons. The standard InChI is InChI=1S/C11H14F2N2O/c1-7(6-14-2)11(16)15-10-4-8(12)3-9(13)5-10/h3-5,7,14H,6H2,1-2H3,(H,15,16). The van der Waals surface area contributed by atoms with Crippen LogP contribution >= 0.6 is 0 Å². The number of hydrogen-bond donors (Lipinski definition) is 2. The van der Waals surface area contributed by atoms with Gasteiger partial charge in [-0.15, -0.1) is 0 Å². The van der Waals surface area contributed by atoms with Gasteiger partial charge in [0.1, 0.15) is 11.6 Å². The van der Waals surface area contributed by atoms with Gasteiger partial charge in [-0.3, -0.25) is 4.79 Å². The number of carbonyl (C=O) groups excluding carboxylic acids is 1. The van der Waals surface area contributed by atoms with Crippen LogP contribution in [0.25, 0.3) is 0 Å². The van der Waals surface area contributed by atoms with Crippen molar-refractivity contribution in [3.8, 4) is 0 Å². The van der Waals surface area contributed by atoms with E-state index in [1.807, 2.05) is 0 Å². The molecule has 2 N–H and O–H groups in total. The Hall–Kier alpha value is -1.49. The molecule has 0 aliphatic carbocycles. The second-order valence-electron chi connectivity index (χ2n) is 3.61. The average molecular weight is 228 g/mol. The van der Waals surface area contributed by atoms with E-state index < -0.39 is 11.6 Å². The van der Waals surface area contributed by atoms with Crippen LogP contribution < -0.4 is 10.6 Å². The van der Waals surface area contributed by atoms with Crippen LogP contribution in [0.2, 0.25) is 0 Å². The molecule has 1 aromatic carbocycles. The summed E-state index contributed by atoms with van der Waals surface area (Å²) in [5.74, 6) is -1.97. The summed E-state index contributed by atoms with van der Waals surface area (Å²) in [6, 6.07) is 2.91. The van der Waals surface area contributed by atoms with Gasteiger partial charge < -0.3 is 10.6 Å². The molecule has 16 heavy (non-hydrogen) atoms. The van der Waals surface area contributed by atoms with E-state index in [9.17, 15) is 13.6 Å². The molecule has 0 saturated carbocycles. The molecular weight excluding hydrogens is 214 g/mol. The van der Waals surface area contributed by atoms with Crippen LogP contribution in [0.5, 0.6) is 0 Å². The first-order valence-corrected chi connectivity index (χ1v) is 4.94. The minimum absolute atomic E-state index is 0.130. The molecule has 0 aliphatic rings. The summed E-state index contributed by atoms with van der Waals surface area (Å²) < 4.78 is 25.6. The first-order valence-electron chi connectivity index (χ1n) is 4.94.